The third kappa shape index (κ3) is 3.32. The SMILES string of the molecule is CC(C)CC(CO)(CO)Cc1ccn(C)n1. The van der Waals surface area contributed by atoms with Gasteiger partial charge in [0.05, 0.1) is 18.9 Å². The van der Waals surface area contributed by atoms with E-state index in [-0.39, 0.29) is 13.2 Å². The highest BCUT2D eigenvalue weighted by Gasteiger charge is 2.30. The molecule has 16 heavy (non-hydrogen) atoms. The van der Waals surface area contributed by atoms with Gasteiger partial charge in [0, 0.05) is 25.1 Å². The van der Waals surface area contributed by atoms with Crippen LogP contribution >= 0.6 is 0 Å². The van der Waals surface area contributed by atoms with Crippen LogP contribution in [0.5, 0.6) is 0 Å². The fourth-order valence-electron chi connectivity index (χ4n) is 2.17. The number of aromatic nitrogens is 2. The first-order valence-electron chi connectivity index (χ1n) is 5.71. The normalized spacial score (nSPS) is 12.4. The van der Waals surface area contributed by atoms with Crippen molar-refractivity contribution in [1.82, 2.24) is 9.78 Å². The molecular formula is C12H22N2O2. The lowest BCUT2D eigenvalue weighted by Gasteiger charge is -2.30. The summed E-state index contributed by atoms with van der Waals surface area (Å²) in [6, 6.07) is 1.93. The first-order chi connectivity index (χ1) is 7.51. The Morgan fingerprint density at radius 2 is 2.00 bits per heavy atom. The van der Waals surface area contributed by atoms with E-state index in [0.29, 0.717) is 12.3 Å². The van der Waals surface area contributed by atoms with Crippen LogP contribution in [0.4, 0.5) is 0 Å². The fraction of sp³-hybridized carbons (Fsp3) is 0.750. The largest absolute Gasteiger partial charge is 0.396 e. The Bertz CT molecular complexity index is 317. The molecule has 0 aliphatic heterocycles. The highest BCUT2D eigenvalue weighted by Crippen LogP contribution is 2.29. The lowest BCUT2D eigenvalue weighted by atomic mass is 9.78. The van der Waals surface area contributed by atoms with Crippen molar-refractivity contribution in [2.24, 2.45) is 18.4 Å². The van der Waals surface area contributed by atoms with Crippen LogP contribution in [0.3, 0.4) is 0 Å². The van der Waals surface area contributed by atoms with Crippen LogP contribution < -0.4 is 0 Å². The van der Waals surface area contributed by atoms with Crippen molar-refractivity contribution >= 4 is 0 Å². The lowest BCUT2D eigenvalue weighted by Crippen LogP contribution is -2.34. The molecule has 92 valence electrons. The van der Waals surface area contributed by atoms with Crippen molar-refractivity contribution in [3.63, 3.8) is 0 Å². The number of hydrogen-bond donors (Lipinski definition) is 2. The molecule has 0 radical (unpaired) electrons. The molecule has 0 fully saturated rings. The molecule has 0 aliphatic carbocycles. The van der Waals surface area contributed by atoms with Gasteiger partial charge in [-0.1, -0.05) is 13.8 Å². The second-order valence-electron chi connectivity index (χ2n) is 5.07. The standard InChI is InChI=1S/C12H22N2O2/c1-10(2)6-12(8-15,9-16)7-11-4-5-14(3)13-11/h4-5,10,15-16H,6-9H2,1-3H3. The van der Waals surface area contributed by atoms with Gasteiger partial charge in [0.25, 0.3) is 0 Å². The molecule has 1 aromatic rings. The summed E-state index contributed by atoms with van der Waals surface area (Å²) in [5, 5.41) is 23.3. The minimum absolute atomic E-state index is 0.00173. The molecule has 1 heterocycles. The zero-order chi connectivity index (χ0) is 12.2. The molecule has 2 N–H and O–H groups in total. The topological polar surface area (TPSA) is 58.3 Å². The molecule has 4 heteroatoms. The average molecular weight is 226 g/mol. The number of aliphatic hydroxyl groups is 2. The maximum absolute atomic E-state index is 9.50. The molecule has 0 atom stereocenters. The Hall–Kier alpha value is -0.870. The highest BCUT2D eigenvalue weighted by atomic mass is 16.3. The summed E-state index contributed by atoms with van der Waals surface area (Å²) in [6.07, 6.45) is 3.31. The van der Waals surface area contributed by atoms with Gasteiger partial charge in [-0.3, -0.25) is 4.68 Å². The van der Waals surface area contributed by atoms with Crippen LogP contribution in [0.25, 0.3) is 0 Å². The maximum atomic E-state index is 9.50. The van der Waals surface area contributed by atoms with E-state index >= 15 is 0 Å². The van der Waals surface area contributed by atoms with Gasteiger partial charge in [-0.05, 0) is 18.4 Å². The Labute approximate surface area is 96.9 Å². The zero-order valence-corrected chi connectivity index (χ0v) is 10.3. The van der Waals surface area contributed by atoms with Gasteiger partial charge in [0.2, 0.25) is 0 Å². The van der Waals surface area contributed by atoms with Crippen molar-refractivity contribution in [2.45, 2.75) is 26.7 Å². The number of nitrogens with zero attached hydrogens (tertiary/aromatic N) is 2. The first kappa shape index (κ1) is 13.2. The van der Waals surface area contributed by atoms with Crippen molar-refractivity contribution in [3.8, 4) is 0 Å². The monoisotopic (exact) mass is 226 g/mol. The van der Waals surface area contributed by atoms with E-state index in [4.69, 9.17) is 0 Å². The predicted molar refractivity (Wildman–Crippen MR) is 63.0 cm³/mol. The molecule has 4 nitrogen and oxygen atoms in total. The quantitative estimate of drug-likeness (QED) is 0.760. The van der Waals surface area contributed by atoms with Gasteiger partial charge < -0.3 is 10.2 Å². The average Bonchev–Trinajstić information content (AvgIpc) is 2.62. The van der Waals surface area contributed by atoms with Crippen molar-refractivity contribution < 1.29 is 10.2 Å². The van der Waals surface area contributed by atoms with Crippen LogP contribution in [-0.4, -0.2) is 33.2 Å². The first-order valence-corrected chi connectivity index (χ1v) is 5.71. The van der Waals surface area contributed by atoms with Gasteiger partial charge in [-0.15, -0.1) is 0 Å². The Balaban J connectivity index is 2.77. The molecule has 0 saturated heterocycles. The molecule has 0 unspecified atom stereocenters. The van der Waals surface area contributed by atoms with E-state index in [2.05, 4.69) is 18.9 Å². The number of aryl methyl sites for hydroxylation is 1. The van der Waals surface area contributed by atoms with Gasteiger partial charge in [0.1, 0.15) is 0 Å². The summed E-state index contributed by atoms with van der Waals surface area (Å²) in [5.74, 6) is 0.447. The maximum Gasteiger partial charge on any atom is 0.0631 e. The fourth-order valence-corrected chi connectivity index (χ4v) is 2.17. The van der Waals surface area contributed by atoms with Crippen LogP contribution in [0, 0.1) is 11.3 Å². The molecule has 0 amide bonds. The van der Waals surface area contributed by atoms with E-state index in [9.17, 15) is 10.2 Å². The van der Waals surface area contributed by atoms with Crippen molar-refractivity contribution in [1.29, 1.82) is 0 Å². The molecule has 0 aliphatic rings. The van der Waals surface area contributed by atoms with Crippen LogP contribution in [0.15, 0.2) is 12.3 Å². The van der Waals surface area contributed by atoms with E-state index in [1.54, 1.807) is 4.68 Å². The molecule has 1 rings (SSSR count). The predicted octanol–water partition coefficient (Wildman–Crippen LogP) is 0.980. The Kier molecular flexibility index (Phi) is 4.50. The van der Waals surface area contributed by atoms with Crippen LogP contribution in [0.2, 0.25) is 0 Å². The van der Waals surface area contributed by atoms with Gasteiger partial charge >= 0.3 is 0 Å². The summed E-state index contributed by atoms with van der Waals surface area (Å²) in [5.41, 5.74) is 0.481. The highest BCUT2D eigenvalue weighted by molar-refractivity contribution is 5.03. The second-order valence-corrected chi connectivity index (χ2v) is 5.07. The van der Waals surface area contributed by atoms with E-state index in [1.165, 1.54) is 0 Å². The summed E-state index contributed by atoms with van der Waals surface area (Å²) in [6.45, 7) is 4.19. The smallest absolute Gasteiger partial charge is 0.0631 e. The van der Waals surface area contributed by atoms with Crippen LogP contribution in [-0.2, 0) is 13.5 Å². The van der Waals surface area contributed by atoms with Crippen LogP contribution in [0.1, 0.15) is 26.0 Å². The van der Waals surface area contributed by atoms with Crippen molar-refractivity contribution in [3.05, 3.63) is 18.0 Å². The summed E-state index contributed by atoms with van der Waals surface area (Å²) in [7, 11) is 1.87. The van der Waals surface area contributed by atoms with Gasteiger partial charge in [-0.25, -0.2) is 0 Å². The number of aliphatic hydroxyl groups excluding tert-OH is 2. The number of hydrogen-bond acceptors (Lipinski definition) is 3. The molecule has 0 saturated carbocycles. The second kappa shape index (κ2) is 5.46. The lowest BCUT2D eigenvalue weighted by molar-refractivity contribution is 0.0361. The zero-order valence-electron chi connectivity index (χ0n) is 10.3. The van der Waals surface area contributed by atoms with E-state index in [1.807, 2.05) is 19.3 Å². The summed E-state index contributed by atoms with van der Waals surface area (Å²) >= 11 is 0. The Morgan fingerprint density at radius 1 is 1.38 bits per heavy atom. The minimum Gasteiger partial charge on any atom is -0.396 e. The van der Waals surface area contributed by atoms with E-state index in [0.717, 1.165) is 12.1 Å². The molecular weight excluding hydrogens is 204 g/mol. The minimum atomic E-state index is -0.442. The summed E-state index contributed by atoms with van der Waals surface area (Å²) in [4.78, 5) is 0. The summed E-state index contributed by atoms with van der Waals surface area (Å²) < 4.78 is 1.74. The Morgan fingerprint density at radius 3 is 2.38 bits per heavy atom. The van der Waals surface area contributed by atoms with Gasteiger partial charge in [0.15, 0.2) is 0 Å². The van der Waals surface area contributed by atoms with E-state index < -0.39 is 5.41 Å². The molecule has 0 aromatic carbocycles. The van der Waals surface area contributed by atoms with Gasteiger partial charge in [-0.2, -0.15) is 5.10 Å². The molecule has 1 aromatic heterocycles. The molecule has 0 bridgehead atoms. The third-order valence-electron chi connectivity index (χ3n) is 2.84. The third-order valence-corrected chi connectivity index (χ3v) is 2.84. The van der Waals surface area contributed by atoms with Crippen molar-refractivity contribution in [2.75, 3.05) is 13.2 Å². The number of rotatable bonds is 6. The molecule has 0 spiro atoms.